The highest BCUT2D eigenvalue weighted by molar-refractivity contribution is 4.72. The molecule has 2 heterocycles. The van der Waals surface area contributed by atoms with E-state index < -0.39 is 0 Å². The van der Waals surface area contributed by atoms with E-state index in [4.69, 9.17) is 0 Å². The van der Waals surface area contributed by atoms with Gasteiger partial charge in [0.25, 0.3) is 0 Å². The van der Waals surface area contributed by atoms with Gasteiger partial charge in [-0.3, -0.25) is 0 Å². The van der Waals surface area contributed by atoms with Gasteiger partial charge in [-0.25, -0.2) is 10.0 Å². The lowest BCUT2D eigenvalue weighted by Gasteiger charge is -2.43. The lowest BCUT2D eigenvalue weighted by atomic mass is 10.0. The minimum atomic E-state index is 0.943. The quantitative estimate of drug-likeness (QED) is 0.618. The van der Waals surface area contributed by atoms with Gasteiger partial charge in [0.2, 0.25) is 0 Å². The van der Waals surface area contributed by atoms with E-state index in [1.165, 1.54) is 52.1 Å². The summed E-state index contributed by atoms with van der Waals surface area (Å²) in [5.41, 5.74) is 0. The summed E-state index contributed by atoms with van der Waals surface area (Å²) < 4.78 is 0. The summed E-state index contributed by atoms with van der Waals surface area (Å²) in [6.45, 7) is 9.85. The van der Waals surface area contributed by atoms with Crippen molar-refractivity contribution in [3.63, 3.8) is 0 Å². The largest absolute Gasteiger partial charge is 0.304 e. The molecule has 2 rings (SSSR count). The van der Waals surface area contributed by atoms with Crippen molar-refractivity contribution in [3.05, 3.63) is 0 Å². The number of nitrogens with zero attached hydrogens (tertiary/aromatic N) is 3. The Bertz CT molecular complexity index is 147. The van der Waals surface area contributed by atoms with E-state index in [-0.39, 0.29) is 0 Å². The zero-order valence-corrected chi connectivity index (χ0v) is 9.58. The number of piperidine rings is 1. The highest BCUT2D eigenvalue weighted by Gasteiger charge is 2.23. The van der Waals surface area contributed by atoms with Crippen LogP contribution in [-0.4, -0.2) is 61.2 Å². The predicted molar refractivity (Wildman–Crippen MR) is 59.0 cm³/mol. The van der Waals surface area contributed by atoms with E-state index in [1.54, 1.807) is 0 Å². The van der Waals surface area contributed by atoms with Crippen LogP contribution < -0.4 is 0 Å². The predicted octanol–water partition coefficient (Wildman–Crippen LogP) is 0.881. The minimum Gasteiger partial charge on any atom is -0.304 e. The summed E-state index contributed by atoms with van der Waals surface area (Å²) in [7, 11) is 2.22. The Morgan fingerprint density at radius 3 is 1.86 bits per heavy atom. The number of rotatable bonds is 1. The van der Waals surface area contributed by atoms with E-state index in [0.29, 0.717) is 0 Å². The summed E-state index contributed by atoms with van der Waals surface area (Å²) >= 11 is 0. The molecule has 0 spiro atoms. The van der Waals surface area contributed by atoms with Crippen LogP contribution in [0.4, 0.5) is 0 Å². The molecule has 0 bridgehead atoms. The lowest BCUT2D eigenvalue weighted by Crippen LogP contribution is -2.54. The smallest absolute Gasteiger partial charge is 0.0261 e. The van der Waals surface area contributed by atoms with Gasteiger partial charge < -0.3 is 4.90 Å². The van der Waals surface area contributed by atoms with E-state index in [0.717, 1.165) is 5.92 Å². The average molecular weight is 197 g/mol. The molecule has 3 nitrogen and oxygen atoms in total. The Hall–Kier alpha value is -0.120. The van der Waals surface area contributed by atoms with Crippen molar-refractivity contribution in [3.8, 4) is 0 Å². The Balaban J connectivity index is 1.78. The molecule has 2 fully saturated rings. The molecule has 0 radical (unpaired) electrons. The third-order valence-corrected chi connectivity index (χ3v) is 3.64. The minimum absolute atomic E-state index is 0.943. The van der Waals surface area contributed by atoms with Crippen LogP contribution in [-0.2, 0) is 0 Å². The second-order valence-electron chi connectivity index (χ2n) is 4.89. The zero-order valence-electron chi connectivity index (χ0n) is 9.58. The Morgan fingerprint density at radius 2 is 1.29 bits per heavy atom. The van der Waals surface area contributed by atoms with Crippen LogP contribution in [0.3, 0.4) is 0 Å². The Labute approximate surface area is 87.6 Å². The highest BCUT2D eigenvalue weighted by atomic mass is 15.6. The summed E-state index contributed by atoms with van der Waals surface area (Å²) in [5.74, 6) is 0.943. The maximum absolute atomic E-state index is 2.58. The van der Waals surface area contributed by atoms with Crippen LogP contribution in [0, 0.1) is 5.92 Å². The normalized spacial score (nSPS) is 29.6. The second kappa shape index (κ2) is 4.60. The fourth-order valence-corrected chi connectivity index (χ4v) is 2.36. The molecule has 82 valence electrons. The molecule has 0 aromatic rings. The molecular formula is C11H23N3. The monoisotopic (exact) mass is 197 g/mol. The summed E-state index contributed by atoms with van der Waals surface area (Å²) in [6, 6.07) is 0. The van der Waals surface area contributed by atoms with Crippen LogP contribution in [0.1, 0.15) is 19.8 Å². The fraction of sp³-hybridized carbons (Fsp3) is 1.00. The first-order valence-corrected chi connectivity index (χ1v) is 5.94. The van der Waals surface area contributed by atoms with Gasteiger partial charge in [-0.2, -0.15) is 0 Å². The van der Waals surface area contributed by atoms with Crippen molar-refractivity contribution in [1.82, 2.24) is 14.9 Å². The first kappa shape index (κ1) is 10.4. The van der Waals surface area contributed by atoms with Gasteiger partial charge in [0, 0.05) is 39.3 Å². The molecule has 2 aliphatic heterocycles. The van der Waals surface area contributed by atoms with Crippen molar-refractivity contribution in [1.29, 1.82) is 0 Å². The van der Waals surface area contributed by atoms with Gasteiger partial charge in [0.1, 0.15) is 0 Å². The van der Waals surface area contributed by atoms with Gasteiger partial charge in [-0.15, -0.1) is 0 Å². The molecule has 0 saturated carbocycles. The molecular weight excluding hydrogens is 174 g/mol. The number of hydrazine groups is 1. The summed E-state index contributed by atoms with van der Waals surface area (Å²) in [4.78, 5) is 2.42. The van der Waals surface area contributed by atoms with E-state index in [9.17, 15) is 0 Å². The van der Waals surface area contributed by atoms with Crippen LogP contribution in [0.5, 0.6) is 0 Å². The molecule has 0 aliphatic carbocycles. The summed E-state index contributed by atoms with van der Waals surface area (Å²) in [6.07, 6.45) is 2.76. The van der Waals surface area contributed by atoms with Crippen molar-refractivity contribution < 1.29 is 0 Å². The maximum atomic E-state index is 2.58. The standard InChI is InChI=1S/C11H23N3/c1-11-3-5-13(6-4-11)14-9-7-12(2)8-10-14/h11H,3-10H2,1-2H3. The van der Waals surface area contributed by atoms with Gasteiger partial charge in [0.15, 0.2) is 0 Å². The molecule has 2 aliphatic rings. The van der Waals surface area contributed by atoms with Crippen LogP contribution in [0.2, 0.25) is 0 Å². The third kappa shape index (κ3) is 2.47. The van der Waals surface area contributed by atoms with Crippen LogP contribution in [0.25, 0.3) is 0 Å². The molecule has 0 unspecified atom stereocenters. The summed E-state index contributed by atoms with van der Waals surface area (Å²) in [5, 5.41) is 5.14. The first-order chi connectivity index (χ1) is 6.75. The van der Waals surface area contributed by atoms with Crippen molar-refractivity contribution >= 4 is 0 Å². The van der Waals surface area contributed by atoms with E-state index in [2.05, 4.69) is 28.9 Å². The number of hydrogen-bond acceptors (Lipinski definition) is 3. The number of likely N-dealkylation sites (N-methyl/N-ethyl adjacent to an activating group) is 1. The van der Waals surface area contributed by atoms with Gasteiger partial charge in [-0.05, 0) is 25.8 Å². The first-order valence-electron chi connectivity index (χ1n) is 5.94. The van der Waals surface area contributed by atoms with Gasteiger partial charge >= 0.3 is 0 Å². The molecule has 0 amide bonds. The third-order valence-electron chi connectivity index (χ3n) is 3.64. The molecule has 0 aromatic carbocycles. The van der Waals surface area contributed by atoms with Crippen molar-refractivity contribution in [2.24, 2.45) is 5.92 Å². The zero-order chi connectivity index (χ0) is 9.97. The number of hydrogen-bond donors (Lipinski definition) is 0. The number of piperazine rings is 1. The molecule has 2 saturated heterocycles. The SMILES string of the molecule is CC1CCN(N2CCN(C)CC2)CC1. The lowest BCUT2D eigenvalue weighted by molar-refractivity contribution is -0.0712. The van der Waals surface area contributed by atoms with Gasteiger partial charge in [0.05, 0.1) is 0 Å². The van der Waals surface area contributed by atoms with E-state index in [1.807, 2.05) is 0 Å². The van der Waals surface area contributed by atoms with Gasteiger partial charge in [-0.1, -0.05) is 6.92 Å². The van der Waals surface area contributed by atoms with Crippen LogP contribution in [0.15, 0.2) is 0 Å². The molecule has 14 heavy (non-hydrogen) atoms. The molecule has 0 aromatic heterocycles. The Morgan fingerprint density at radius 1 is 0.786 bits per heavy atom. The van der Waals surface area contributed by atoms with Crippen LogP contribution >= 0.6 is 0 Å². The van der Waals surface area contributed by atoms with Crippen molar-refractivity contribution in [2.75, 3.05) is 46.3 Å². The average Bonchev–Trinajstić information content (AvgIpc) is 2.21. The topological polar surface area (TPSA) is 9.72 Å². The highest BCUT2D eigenvalue weighted by Crippen LogP contribution is 2.18. The molecule has 0 N–H and O–H groups in total. The second-order valence-corrected chi connectivity index (χ2v) is 4.89. The molecule has 3 heteroatoms. The molecule has 0 atom stereocenters. The van der Waals surface area contributed by atoms with E-state index >= 15 is 0 Å². The fourth-order valence-electron chi connectivity index (χ4n) is 2.36. The van der Waals surface area contributed by atoms with Crippen molar-refractivity contribution in [2.45, 2.75) is 19.8 Å². The maximum Gasteiger partial charge on any atom is 0.0261 e. The Kier molecular flexibility index (Phi) is 3.42.